The van der Waals surface area contributed by atoms with Crippen LogP contribution in [0, 0.1) is 0 Å². The van der Waals surface area contributed by atoms with E-state index < -0.39 is 0 Å². The van der Waals surface area contributed by atoms with E-state index in [2.05, 4.69) is 57.4 Å². The smallest absolute Gasteiger partial charge is 0.224 e. The molecular formula is C25H29N5O2S. The zero-order valence-electron chi connectivity index (χ0n) is 19.3. The van der Waals surface area contributed by atoms with Crippen LogP contribution in [0.4, 0.5) is 11.4 Å². The Morgan fingerprint density at radius 1 is 1.27 bits per heavy atom. The van der Waals surface area contributed by atoms with E-state index in [0.717, 1.165) is 16.9 Å². The number of nitrogens with one attached hydrogen (secondary N) is 2. The van der Waals surface area contributed by atoms with Gasteiger partial charge in [0.25, 0.3) is 0 Å². The molecule has 7 nitrogen and oxygen atoms in total. The molecule has 1 aliphatic rings. The lowest BCUT2D eigenvalue weighted by atomic mass is 9.98. The first-order valence-electron chi connectivity index (χ1n) is 11.1. The fourth-order valence-electron chi connectivity index (χ4n) is 4.07. The first-order chi connectivity index (χ1) is 15.9. The summed E-state index contributed by atoms with van der Waals surface area (Å²) in [7, 11) is 1.60. The van der Waals surface area contributed by atoms with Crippen LogP contribution in [-0.4, -0.2) is 27.7 Å². The predicted octanol–water partition coefficient (Wildman–Crippen LogP) is 5.00. The van der Waals surface area contributed by atoms with Gasteiger partial charge in [-0.1, -0.05) is 13.0 Å². The van der Waals surface area contributed by atoms with E-state index >= 15 is 0 Å². The molecule has 3 heterocycles. The second-order valence-corrected chi connectivity index (χ2v) is 8.66. The number of rotatable bonds is 7. The highest BCUT2D eigenvalue weighted by atomic mass is 32.1. The molecule has 1 fully saturated rings. The van der Waals surface area contributed by atoms with Crippen molar-refractivity contribution in [2.45, 2.75) is 45.3 Å². The van der Waals surface area contributed by atoms with E-state index in [9.17, 15) is 4.79 Å². The zero-order valence-corrected chi connectivity index (χ0v) is 20.1. The minimum absolute atomic E-state index is 0.0671. The fraction of sp³-hybridized carbons (Fsp3) is 0.320. The third-order valence-electron chi connectivity index (χ3n) is 5.83. The number of methoxy groups -OCH3 is 1. The summed E-state index contributed by atoms with van der Waals surface area (Å²) in [6.07, 6.45) is 6.46. The van der Waals surface area contributed by atoms with Crippen LogP contribution < -0.4 is 20.3 Å². The molecule has 8 heteroatoms. The molecule has 172 valence electrons. The molecule has 1 aromatic carbocycles. The maximum atomic E-state index is 11.9. The minimum atomic E-state index is -0.118. The van der Waals surface area contributed by atoms with Crippen molar-refractivity contribution in [2.75, 3.05) is 17.3 Å². The lowest BCUT2D eigenvalue weighted by Crippen LogP contribution is -2.29. The molecule has 0 radical (unpaired) electrons. The van der Waals surface area contributed by atoms with Gasteiger partial charge in [-0.05, 0) is 62.0 Å². The molecule has 0 saturated carbocycles. The minimum Gasteiger partial charge on any atom is -0.494 e. The quantitative estimate of drug-likeness (QED) is 0.481. The van der Waals surface area contributed by atoms with E-state index in [1.807, 2.05) is 43.3 Å². The van der Waals surface area contributed by atoms with E-state index in [-0.39, 0.29) is 18.0 Å². The predicted molar refractivity (Wildman–Crippen MR) is 135 cm³/mol. The topological polar surface area (TPSA) is 71.4 Å². The Morgan fingerprint density at radius 3 is 2.73 bits per heavy atom. The molecule has 0 unspecified atom stereocenters. The number of carbonyl (C=O) groups excluding carboxylic acids is 1. The van der Waals surface area contributed by atoms with Crippen molar-refractivity contribution in [3.63, 3.8) is 0 Å². The summed E-state index contributed by atoms with van der Waals surface area (Å²) < 4.78 is 7.78. The Kier molecular flexibility index (Phi) is 6.65. The Hall–Kier alpha value is -3.39. The number of ether oxygens (including phenoxy) is 1. The van der Waals surface area contributed by atoms with Crippen LogP contribution in [0.15, 0.2) is 61.1 Å². The summed E-state index contributed by atoms with van der Waals surface area (Å²) in [5.41, 5.74) is 3.56. The van der Waals surface area contributed by atoms with E-state index in [0.29, 0.717) is 29.0 Å². The van der Waals surface area contributed by atoms with Crippen LogP contribution in [0.2, 0.25) is 0 Å². The van der Waals surface area contributed by atoms with Crippen LogP contribution in [0.1, 0.15) is 56.6 Å². The van der Waals surface area contributed by atoms with Crippen LogP contribution >= 0.6 is 12.2 Å². The number of carbonyl (C=O) groups is 1. The van der Waals surface area contributed by atoms with Crippen molar-refractivity contribution in [1.29, 1.82) is 0 Å². The number of thiocarbonyl (C=S) groups is 1. The summed E-state index contributed by atoms with van der Waals surface area (Å²) in [6.45, 7) is 6.13. The molecule has 1 saturated heterocycles. The van der Waals surface area contributed by atoms with E-state index in [1.54, 1.807) is 13.3 Å². The second kappa shape index (κ2) is 9.62. The Labute approximate surface area is 199 Å². The number of anilines is 2. The van der Waals surface area contributed by atoms with Gasteiger partial charge in [0.1, 0.15) is 5.75 Å². The Morgan fingerprint density at radius 2 is 2.09 bits per heavy atom. The summed E-state index contributed by atoms with van der Waals surface area (Å²) in [5, 5.41) is 6.97. The number of hydrogen-bond donors (Lipinski definition) is 2. The van der Waals surface area contributed by atoms with Gasteiger partial charge in [-0.2, -0.15) is 0 Å². The lowest BCUT2D eigenvalue weighted by Gasteiger charge is -2.28. The third-order valence-corrected chi connectivity index (χ3v) is 6.15. The van der Waals surface area contributed by atoms with Crippen LogP contribution in [0.5, 0.6) is 5.75 Å². The molecule has 3 aromatic rings. The molecule has 0 aliphatic carbocycles. The average molecular weight is 464 g/mol. The van der Waals surface area contributed by atoms with Crippen molar-refractivity contribution in [1.82, 2.24) is 14.9 Å². The molecular weight excluding hydrogens is 434 g/mol. The van der Waals surface area contributed by atoms with E-state index in [4.69, 9.17) is 17.0 Å². The summed E-state index contributed by atoms with van der Waals surface area (Å²) >= 11 is 5.81. The van der Waals surface area contributed by atoms with Gasteiger partial charge in [-0.25, -0.2) is 0 Å². The van der Waals surface area contributed by atoms with Crippen molar-refractivity contribution in [2.24, 2.45) is 0 Å². The standard InChI is InChI=1S/C25H29N5O2S/c1-5-22(31)27-19-10-9-18(14-21(19)32-4)30-24(17-11-13-29(15-17)16(2)3)23(28-25(30)33)20-8-6-7-12-26-20/h6-16,23-24H,5H2,1-4H3,(H,27,31)(H,28,33)/t23-,24+/m1/s1. The summed E-state index contributed by atoms with van der Waals surface area (Å²) in [4.78, 5) is 18.6. The highest BCUT2D eigenvalue weighted by Gasteiger charge is 2.41. The van der Waals surface area contributed by atoms with E-state index in [1.165, 1.54) is 0 Å². The van der Waals surface area contributed by atoms with Gasteiger partial charge in [0.2, 0.25) is 5.91 Å². The number of amides is 1. The van der Waals surface area contributed by atoms with Gasteiger partial charge in [-0.3, -0.25) is 9.78 Å². The molecule has 0 bridgehead atoms. The van der Waals surface area contributed by atoms with Gasteiger partial charge in [0.15, 0.2) is 5.11 Å². The SMILES string of the molecule is CCC(=O)Nc1ccc(N2C(=S)N[C@H](c3ccccn3)[C@@H]2c2ccn(C(C)C)c2)cc1OC. The Balaban J connectivity index is 1.78. The second-order valence-electron chi connectivity index (χ2n) is 8.27. The maximum absolute atomic E-state index is 11.9. The first-order valence-corrected chi connectivity index (χ1v) is 11.5. The van der Waals surface area contributed by atoms with Crippen LogP contribution in [-0.2, 0) is 4.79 Å². The molecule has 1 amide bonds. The molecule has 33 heavy (non-hydrogen) atoms. The largest absolute Gasteiger partial charge is 0.494 e. The van der Waals surface area contributed by atoms with Gasteiger partial charge >= 0.3 is 0 Å². The molecule has 0 spiro atoms. The normalized spacial score (nSPS) is 17.8. The Bertz CT molecular complexity index is 1140. The molecule has 2 aromatic heterocycles. The molecule has 2 atom stereocenters. The van der Waals surface area contributed by atoms with Crippen molar-refractivity contribution in [3.8, 4) is 5.75 Å². The van der Waals surface area contributed by atoms with Gasteiger partial charge < -0.3 is 24.8 Å². The maximum Gasteiger partial charge on any atom is 0.224 e. The number of hydrogen-bond acceptors (Lipinski definition) is 4. The highest BCUT2D eigenvalue weighted by Crippen LogP contribution is 2.43. The fourth-order valence-corrected chi connectivity index (χ4v) is 4.42. The molecule has 2 N–H and O–H groups in total. The molecule has 4 rings (SSSR count). The summed E-state index contributed by atoms with van der Waals surface area (Å²) in [6, 6.07) is 13.9. The lowest BCUT2D eigenvalue weighted by molar-refractivity contribution is -0.115. The van der Waals surface area contributed by atoms with Crippen molar-refractivity contribution < 1.29 is 9.53 Å². The van der Waals surface area contributed by atoms with Crippen molar-refractivity contribution in [3.05, 3.63) is 72.3 Å². The number of nitrogens with zero attached hydrogens (tertiary/aromatic N) is 3. The highest BCUT2D eigenvalue weighted by molar-refractivity contribution is 7.80. The number of aromatic nitrogens is 2. The number of benzene rings is 1. The zero-order chi connectivity index (χ0) is 23.5. The molecule has 1 aliphatic heterocycles. The van der Waals surface area contributed by atoms with Gasteiger partial charge in [0.05, 0.1) is 30.6 Å². The third kappa shape index (κ3) is 4.57. The van der Waals surface area contributed by atoms with Crippen LogP contribution in [0.3, 0.4) is 0 Å². The van der Waals surface area contributed by atoms with Crippen molar-refractivity contribution >= 4 is 34.6 Å². The number of pyridine rings is 1. The van der Waals surface area contributed by atoms with Crippen LogP contribution in [0.25, 0.3) is 0 Å². The summed E-state index contributed by atoms with van der Waals surface area (Å²) in [5.74, 6) is 0.513. The average Bonchev–Trinajstić information content (AvgIpc) is 3.44. The first kappa shape index (κ1) is 22.8. The van der Waals surface area contributed by atoms with Gasteiger partial charge in [0, 0.05) is 42.8 Å². The monoisotopic (exact) mass is 463 g/mol. The van der Waals surface area contributed by atoms with Gasteiger partial charge in [-0.15, -0.1) is 0 Å².